The lowest BCUT2D eigenvalue weighted by Gasteiger charge is -2.29. The average Bonchev–Trinajstić information content (AvgIpc) is 3.11. The van der Waals surface area contributed by atoms with Crippen molar-refractivity contribution in [1.82, 2.24) is 10.3 Å². The van der Waals surface area contributed by atoms with Crippen molar-refractivity contribution in [2.75, 3.05) is 18.5 Å². The molecule has 3 heteroatoms. The fourth-order valence-corrected chi connectivity index (χ4v) is 2.14. The quantitative estimate of drug-likeness (QED) is 0.818. The first-order valence-corrected chi connectivity index (χ1v) is 6.57. The van der Waals surface area contributed by atoms with E-state index in [1.807, 2.05) is 19.3 Å². The van der Waals surface area contributed by atoms with Crippen LogP contribution in [0.4, 0.5) is 5.82 Å². The number of pyridine rings is 1. The van der Waals surface area contributed by atoms with E-state index in [2.05, 4.69) is 35.1 Å². The van der Waals surface area contributed by atoms with Crippen LogP contribution in [0.3, 0.4) is 0 Å². The number of rotatable bonds is 6. The molecule has 0 aromatic carbocycles. The standard InChI is InChI=1S/C14H23N3/c1-11(2)17(10-12-6-7-12)14-13(9-15-3)5-4-8-16-14/h4-5,8,11-12,15H,6-7,9-10H2,1-3H3. The Morgan fingerprint density at radius 1 is 1.47 bits per heavy atom. The van der Waals surface area contributed by atoms with Crippen LogP contribution in [-0.4, -0.2) is 24.6 Å². The normalized spacial score (nSPS) is 15.3. The summed E-state index contributed by atoms with van der Waals surface area (Å²) >= 11 is 0. The first kappa shape index (κ1) is 12.4. The third-order valence-corrected chi connectivity index (χ3v) is 3.28. The minimum absolute atomic E-state index is 0.515. The summed E-state index contributed by atoms with van der Waals surface area (Å²) in [7, 11) is 1.98. The van der Waals surface area contributed by atoms with Crippen molar-refractivity contribution in [2.45, 2.75) is 39.3 Å². The molecule has 0 spiro atoms. The van der Waals surface area contributed by atoms with E-state index in [-0.39, 0.29) is 0 Å². The van der Waals surface area contributed by atoms with Crippen LogP contribution < -0.4 is 10.2 Å². The van der Waals surface area contributed by atoms with E-state index >= 15 is 0 Å². The van der Waals surface area contributed by atoms with E-state index in [4.69, 9.17) is 0 Å². The number of anilines is 1. The molecular formula is C14H23N3. The molecule has 0 amide bonds. The van der Waals surface area contributed by atoms with Crippen LogP contribution in [-0.2, 0) is 6.54 Å². The molecule has 1 aliphatic carbocycles. The highest BCUT2D eigenvalue weighted by molar-refractivity contribution is 5.47. The lowest BCUT2D eigenvalue weighted by Crippen LogP contribution is -2.34. The molecule has 1 aromatic heterocycles. The third kappa shape index (κ3) is 3.19. The van der Waals surface area contributed by atoms with Gasteiger partial charge in [0.05, 0.1) is 0 Å². The van der Waals surface area contributed by atoms with Gasteiger partial charge in [0.15, 0.2) is 0 Å². The molecule has 2 rings (SSSR count). The van der Waals surface area contributed by atoms with Crippen LogP contribution in [0.1, 0.15) is 32.3 Å². The second-order valence-corrected chi connectivity index (χ2v) is 5.21. The summed E-state index contributed by atoms with van der Waals surface area (Å²) in [6.45, 7) is 6.54. The average molecular weight is 233 g/mol. The topological polar surface area (TPSA) is 28.2 Å². The van der Waals surface area contributed by atoms with Crippen LogP contribution in [0.25, 0.3) is 0 Å². The van der Waals surface area contributed by atoms with Crippen molar-refractivity contribution in [2.24, 2.45) is 5.92 Å². The van der Waals surface area contributed by atoms with E-state index < -0.39 is 0 Å². The van der Waals surface area contributed by atoms with Crippen molar-refractivity contribution >= 4 is 5.82 Å². The van der Waals surface area contributed by atoms with Crippen LogP contribution >= 0.6 is 0 Å². The predicted molar refractivity (Wildman–Crippen MR) is 72.2 cm³/mol. The van der Waals surface area contributed by atoms with Crippen molar-refractivity contribution in [1.29, 1.82) is 0 Å². The molecule has 1 N–H and O–H groups in total. The fourth-order valence-electron chi connectivity index (χ4n) is 2.14. The second-order valence-electron chi connectivity index (χ2n) is 5.21. The third-order valence-electron chi connectivity index (χ3n) is 3.28. The smallest absolute Gasteiger partial charge is 0.133 e. The SMILES string of the molecule is CNCc1cccnc1N(CC1CC1)C(C)C. The van der Waals surface area contributed by atoms with E-state index in [9.17, 15) is 0 Å². The van der Waals surface area contributed by atoms with E-state index in [1.165, 1.54) is 18.4 Å². The fraction of sp³-hybridized carbons (Fsp3) is 0.643. The van der Waals surface area contributed by atoms with Crippen molar-refractivity contribution in [3.05, 3.63) is 23.9 Å². The molecule has 1 saturated carbocycles. The summed E-state index contributed by atoms with van der Waals surface area (Å²) in [6, 6.07) is 4.70. The summed E-state index contributed by atoms with van der Waals surface area (Å²) in [5.74, 6) is 2.05. The maximum Gasteiger partial charge on any atom is 0.133 e. The lowest BCUT2D eigenvalue weighted by atomic mass is 10.2. The number of aromatic nitrogens is 1. The van der Waals surface area contributed by atoms with Crippen LogP contribution in [0.5, 0.6) is 0 Å². The first-order valence-electron chi connectivity index (χ1n) is 6.57. The largest absolute Gasteiger partial charge is 0.354 e. The van der Waals surface area contributed by atoms with Gasteiger partial charge in [0, 0.05) is 30.9 Å². The highest BCUT2D eigenvalue weighted by atomic mass is 15.2. The molecule has 94 valence electrons. The molecule has 0 bridgehead atoms. The van der Waals surface area contributed by atoms with Gasteiger partial charge in [-0.1, -0.05) is 6.07 Å². The minimum atomic E-state index is 0.515. The molecule has 3 nitrogen and oxygen atoms in total. The molecule has 1 fully saturated rings. The van der Waals surface area contributed by atoms with Gasteiger partial charge in [0.1, 0.15) is 5.82 Å². The van der Waals surface area contributed by atoms with Gasteiger partial charge in [-0.15, -0.1) is 0 Å². The maximum atomic E-state index is 4.59. The zero-order chi connectivity index (χ0) is 12.3. The Bertz CT molecular complexity index is 358. The maximum absolute atomic E-state index is 4.59. The number of hydrogen-bond acceptors (Lipinski definition) is 3. The Morgan fingerprint density at radius 3 is 2.82 bits per heavy atom. The van der Waals surface area contributed by atoms with E-state index in [1.54, 1.807) is 0 Å². The van der Waals surface area contributed by atoms with Gasteiger partial charge in [-0.05, 0) is 45.7 Å². The van der Waals surface area contributed by atoms with Crippen LogP contribution in [0.2, 0.25) is 0 Å². The van der Waals surface area contributed by atoms with Crippen LogP contribution in [0, 0.1) is 5.92 Å². The Morgan fingerprint density at radius 2 is 2.24 bits per heavy atom. The van der Waals surface area contributed by atoms with Crippen molar-refractivity contribution in [3.8, 4) is 0 Å². The van der Waals surface area contributed by atoms with Crippen molar-refractivity contribution < 1.29 is 0 Å². The summed E-state index contributed by atoms with van der Waals surface area (Å²) in [6.07, 6.45) is 4.67. The van der Waals surface area contributed by atoms with Gasteiger partial charge < -0.3 is 10.2 Å². The second kappa shape index (κ2) is 5.50. The molecule has 1 heterocycles. The highest BCUT2D eigenvalue weighted by Crippen LogP contribution is 2.32. The predicted octanol–water partition coefficient (Wildman–Crippen LogP) is 2.43. The number of nitrogens with zero attached hydrogens (tertiary/aromatic N) is 2. The van der Waals surface area contributed by atoms with Crippen molar-refractivity contribution in [3.63, 3.8) is 0 Å². The zero-order valence-corrected chi connectivity index (χ0v) is 11.1. The first-order chi connectivity index (χ1) is 8.22. The van der Waals surface area contributed by atoms with Gasteiger partial charge in [0.2, 0.25) is 0 Å². The lowest BCUT2D eigenvalue weighted by molar-refractivity contribution is 0.630. The van der Waals surface area contributed by atoms with Gasteiger partial charge in [-0.3, -0.25) is 0 Å². The molecule has 0 unspecified atom stereocenters. The molecule has 0 atom stereocenters. The minimum Gasteiger partial charge on any atom is -0.354 e. The number of nitrogens with one attached hydrogen (secondary N) is 1. The Labute approximate surface area is 104 Å². The molecule has 0 radical (unpaired) electrons. The summed E-state index contributed by atoms with van der Waals surface area (Å²) in [5, 5.41) is 3.22. The Kier molecular flexibility index (Phi) is 4.00. The molecule has 1 aliphatic rings. The number of hydrogen-bond donors (Lipinski definition) is 1. The monoisotopic (exact) mass is 233 g/mol. The zero-order valence-electron chi connectivity index (χ0n) is 11.1. The summed E-state index contributed by atoms with van der Waals surface area (Å²) < 4.78 is 0. The highest BCUT2D eigenvalue weighted by Gasteiger charge is 2.27. The van der Waals surface area contributed by atoms with Gasteiger partial charge in [-0.25, -0.2) is 4.98 Å². The molecular weight excluding hydrogens is 210 g/mol. The van der Waals surface area contributed by atoms with Gasteiger partial charge in [0.25, 0.3) is 0 Å². The Hall–Kier alpha value is -1.09. The van der Waals surface area contributed by atoms with Crippen LogP contribution in [0.15, 0.2) is 18.3 Å². The molecule has 1 aromatic rings. The molecule has 0 saturated heterocycles. The van der Waals surface area contributed by atoms with E-state index in [0.717, 1.165) is 24.8 Å². The Balaban J connectivity index is 2.20. The van der Waals surface area contributed by atoms with Gasteiger partial charge in [-0.2, -0.15) is 0 Å². The summed E-state index contributed by atoms with van der Waals surface area (Å²) in [4.78, 5) is 7.03. The van der Waals surface area contributed by atoms with E-state index in [0.29, 0.717) is 6.04 Å². The molecule has 0 aliphatic heterocycles. The molecule has 17 heavy (non-hydrogen) atoms. The van der Waals surface area contributed by atoms with Gasteiger partial charge >= 0.3 is 0 Å². The summed E-state index contributed by atoms with van der Waals surface area (Å²) in [5.41, 5.74) is 1.30.